The lowest BCUT2D eigenvalue weighted by Crippen LogP contribution is -2.70. The number of phenolic OH excluding ortho intramolecular Hbond substituents is 1. The summed E-state index contributed by atoms with van der Waals surface area (Å²) in [6.07, 6.45) is 1.89. The summed E-state index contributed by atoms with van der Waals surface area (Å²) < 4.78 is 0. The van der Waals surface area contributed by atoms with Gasteiger partial charge in [-0.1, -0.05) is 25.8 Å². The number of carbonyl (C=O) groups excluding carboxylic acids is 4. The number of amides is 1. The first-order valence-corrected chi connectivity index (χ1v) is 13.4. The maximum atomic E-state index is 14.0. The van der Waals surface area contributed by atoms with Crippen LogP contribution in [-0.4, -0.2) is 85.5 Å². The predicted molar refractivity (Wildman–Crippen MR) is 141 cm³/mol. The zero-order valence-electron chi connectivity index (χ0n) is 22.5. The van der Waals surface area contributed by atoms with Crippen molar-refractivity contribution in [2.75, 3.05) is 14.1 Å². The van der Waals surface area contributed by atoms with Crippen LogP contribution in [-0.2, 0) is 25.6 Å². The van der Waals surface area contributed by atoms with Crippen LogP contribution >= 0.6 is 0 Å². The van der Waals surface area contributed by atoms with Crippen molar-refractivity contribution in [2.24, 2.45) is 23.5 Å². The molecule has 0 aromatic heterocycles. The van der Waals surface area contributed by atoms with Crippen LogP contribution in [0.5, 0.6) is 5.75 Å². The van der Waals surface area contributed by atoms with E-state index in [-0.39, 0.29) is 29.4 Å². The van der Waals surface area contributed by atoms with Gasteiger partial charge in [-0.3, -0.25) is 24.1 Å². The van der Waals surface area contributed by atoms with Gasteiger partial charge in [-0.2, -0.15) is 0 Å². The lowest BCUT2D eigenvalue weighted by atomic mass is 9.54. The van der Waals surface area contributed by atoms with Gasteiger partial charge in [-0.25, -0.2) is 0 Å². The van der Waals surface area contributed by atoms with Gasteiger partial charge in [0.1, 0.15) is 28.6 Å². The van der Waals surface area contributed by atoms with Crippen LogP contribution in [0.15, 0.2) is 29.0 Å². The van der Waals surface area contributed by atoms with Crippen molar-refractivity contribution < 1.29 is 44.7 Å². The van der Waals surface area contributed by atoms with Crippen LogP contribution in [0, 0.1) is 17.8 Å². The van der Waals surface area contributed by atoms with E-state index in [1.165, 1.54) is 25.1 Å². The van der Waals surface area contributed by atoms with E-state index < -0.39 is 75.6 Å². The van der Waals surface area contributed by atoms with Crippen molar-refractivity contribution >= 4 is 29.0 Å². The largest absolute Gasteiger partial charge is 0.508 e. The first-order valence-electron chi connectivity index (χ1n) is 13.4. The molecular weight excluding hydrogens is 520 g/mol. The fourth-order valence-corrected chi connectivity index (χ4v) is 7.52. The quantitative estimate of drug-likeness (QED) is 0.283. The molecule has 11 heteroatoms. The minimum atomic E-state index is -2.96. The number of phenols is 1. The number of likely N-dealkylation sites (N-methyl/N-ethyl adjacent to an activating group) is 1. The molecule has 1 aromatic carbocycles. The van der Waals surface area contributed by atoms with Crippen LogP contribution in [0.1, 0.15) is 55.2 Å². The normalized spacial score (nSPS) is 32.3. The number of aromatic hydroxyl groups is 1. The van der Waals surface area contributed by atoms with Crippen LogP contribution < -0.4 is 5.73 Å². The van der Waals surface area contributed by atoms with Crippen LogP contribution in [0.4, 0.5) is 0 Å². The molecule has 2 fully saturated rings. The highest BCUT2D eigenvalue weighted by molar-refractivity contribution is 6.24. The summed E-state index contributed by atoms with van der Waals surface area (Å²) in [5.74, 6) is -9.52. The average Bonchev–Trinajstić information content (AvgIpc) is 3.42. The molecule has 0 radical (unpaired) electrons. The fraction of sp³-hybridized carbons (Fsp3) is 0.517. The Balaban J connectivity index is 1.72. The second-order valence-electron chi connectivity index (χ2n) is 11.7. The summed E-state index contributed by atoms with van der Waals surface area (Å²) >= 11 is 0. The molecule has 11 nitrogen and oxygen atoms in total. The molecule has 6 atom stereocenters. The molecule has 2 saturated carbocycles. The topological polar surface area (TPSA) is 199 Å². The van der Waals surface area contributed by atoms with Gasteiger partial charge in [0.15, 0.2) is 11.4 Å². The molecule has 0 saturated heterocycles. The number of Topliss-reactive ketones (excluding diaryl/α,β-unsaturated/α-hetero) is 3. The van der Waals surface area contributed by atoms with Gasteiger partial charge in [0, 0.05) is 23.8 Å². The van der Waals surface area contributed by atoms with Gasteiger partial charge >= 0.3 is 0 Å². The molecular formula is C29H34N2O9. The summed E-state index contributed by atoms with van der Waals surface area (Å²) in [5, 5.41) is 56.7. The molecule has 1 aromatic rings. The summed E-state index contributed by atoms with van der Waals surface area (Å²) in [7, 11) is 2.91. The van der Waals surface area contributed by atoms with Crippen molar-refractivity contribution in [3.8, 4) is 5.75 Å². The molecule has 40 heavy (non-hydrogen) atoms. The summed E-state index contributed by atoms with van der Waals surface area (Å²) in [4.78, 5) is 53.9. The number of benzene rings is 1. The predicted octanol–water partition coefficient (Wildman–Crippen LogP) is 0.798. The van der Waals surface area contributed by atoms with E-state index in [1.807, 2.05) is 0 Å². The zero-order chi connectivity index (χ0) is 29.4. The van der Waals surface area contributed by atoms with Gasteiger partial charge in [0.25, 0.3) is 5.91 Å². The third-order valence-electron chi connectivity index (χ3n) is 9.37. The number of primary amides is 1. The minimum Gasteiger partial charge on any atom is -0.508 e. The Bertz CT molecular complexity index is 1400. The molecule has 4 aliphatic carbocycles. The Kier molecular flexibility index (Phi) is 6.67. The molecule has 0 spiro atoms. The summed E-state index contributed by atoms with van der Waals surface area (Å²) in [6.45, 7) is 1.67. The van der Waals surface area contributed by atoms with E-state index in [4.69, 9.17) is 5.73 Å². The van der Waals surface area contributed by atoms with Crippen molar-refractivity contribution in [1.82, 2.24) is 4.90 Å². The first-order chi connectivity index (χ1) is 18.7. The van der Waals surface area contributed by atoms with Crippen molar-refractivity contribution in [1.29, 1.82) is 0 Å². The Morgan fingerprint density at radius 1 is 1.10 bits per heavy atom. The summed E-state index contributed by atoms with van der Waals surface area (Å²) in [5.41, 5.74) is 1.77. The van der Waals surface area contributed by atoms with Crippen molar-refractivity contribution in [2.45, 2.75) is 62.7 Å². The molecule has 1 amide bonds. The third kappa shape index (κ3) is 3.68. The molecule has 214 valence electrons. The van der Waals surface area contributed by atoms with Crippen LogP contribution in [0.2, 0.25) is 0 Å². The number of nitrogens with zero attached hydrogens (tertiary/aromatic N) is 1. The van der Waals surface area contributed by atoms with Gasteiger partial charge in [-0.15, -0.1) is 0 Å². The van der Waals surface area contributed by atoms with Crippen molar-refractivity contribution in [3.63, 3.8) is 0 Å². The SMILES string of the molecule is CC1c2c(CC(=O)C3CCCC3)ccc(O)c2C(O)=C2C(=O)[C@@]3(O)C(O)=C(C(N)=O)C(=O)[C@H](N(C)C)[C@H]3C(O)[C@H]21. The van der Waals surface area contributed by atoms with Gasteiger partial charge in [0.2, 0.25) is 5.78 Å². The van der Waals surface area contributed by atoms with E-state index >= 15 is 0 Å². The number of carbonyl (C=O) groups is 4. The van der Waals surface area contributed by atoms with Gasteiger partial charge in [-0.05, 0) is 50.0 Å². The number of hydrogen-bond acceptors (Lipinski definition) is 10. The van der Waals surface area contributed by atoms with E-state index in [9.17, 15) is 44.7 Å². The Morgan fingerprint density at radius 2 is 1.73 bits per heavy atom. The molecule has 0 bridgehead atoms. The highest BCUT2D eigenvalue weighted by atomic mass is 16.4. The molecule has 5 rings (SSSR count). The first kappa shape index (κ1) is 28.0. The number of nitrogens with two attached hydrogens (primary N) is 1. The molecule has 0 heterocycles. The second-order valence-corrected chi connectivity index (χ2v) is 11.7. The molecule has 2 unspecified atom stereocenters. The number of aliphatic hydroxyl groups excluding tert-OH is 3. The second kappa shape index (κ2) is 9.53. The third-order valence-corrected chi connectivity index (χ3v) is 9.37. The van der Waals surface area contributed by atoms with E-state index in [2.05, 4.69) is 0 Å². The van der Waals surface area contributed by atoms with Crippen LogP contribution in [0.25, 0.3) is 5.76 Å². The van der Waals surface area contributed by atoms with E-state index in [0.29, 0.717) is 11.1 Å². The number of aliphatic hydroxyl groups is 4. The molecule has 4 aliphatic rings. The highest BCUT2D eigenvalue weighted by Crippen LogP contribution is 2.56. The van der Waals surface area contributed by atoms with Crippen molar-refractivity contribution in [3.05, 3.63) is 45.7 Å². The number of ketones is 3. The molecule has 0 aliphatic heterocycles. The minimum absolute atomic E-state index is 0.0288. The van der Waals surface area contributed by atoms with E-state index in [0.717, 1.165) is 25.7 Å². The van der Waals surface area contributed by atoms with Gasteiger partial charge in [0.05, 0.1) is 23.6 Å². The zero-order valence-corrected chi connectivity index (χ0v) is 22.5. The van der Waals surface area contributed by atoms with Crippen LogP contribution in [0.3, 0.4) is 0 Å². The monoisotopic (exact) mass is 554 g/mol. The number of fused-ring (bicyclic) bond motifs is 3. The Hall–Kier alpha value is -3.54. The maximum Gasteiger partial charge on any atom is 0.255 e. The number of rotatable bonds is 5. The molecule has 7 N–H and O–H groups in total. The lowest BCUT2D eigenvalue weighted by molar-refractivity contribution is -0.169. The van der Waals surface area contributed by atoms with E-state index in [1.54, 1.807) is 13.0 Å². The number of hydrogen-bond donors (Lipinski definition) is 6. The smallest absolute Gasteiger partial charge is 0.255 e. The lowest BCUT2D eigenvalue weighted by Gasteiger charge is -2.53. The summed E-state index contributed by atoms with van der Waals surface area (Å²) in [6, 6.07) is 1.47. The standard InChI is InChI=1S/C29H34N2O9/c1-11-16-13(10-15(33)12-6-4-5-7-12)8-9-14(32)18(16)23(34)19-17(11)24(35)21-22(31(2)3)25(36)20(28(30)39)27(38)29(21,40)26(19)37/h8-9,11-12,17,21-22,24,32,34-35,38,40H,4-7,10H2,1-3H3,(H2,30,39)/t11?,17-,21-,22+,24?,29+/m0/s1. The van der Waals surface area contributed by atoms with Gasteiger partial charge < -0.3 is 31.3 Å². The average molecular weight is 555 g/mol. The highest BCUT2D eigenvalue weighted by Gasteiger charge is 2.68. The maximum absolute atomic E-state index is 14.0. The Labute approximate surface area is 230 Å². The Morgan fingerprint density at radius 3 is 2.30 bits per heavy atom. The fourth-order valence-electron chi connectivity index (χ4n) is 7.52.